The molecule has 20 heavy (non-hydrogen) atoms. The van der Waals surface area contributed by atoms with Crippen LogP contribution in [0.3, 0.4) is 0 Å². The first-order valence-corrected chi connectivity index (χ1v) is 6.66. The molecule has 0 heterocycles. The highest BCUT2D eigenvalue weighted by Gasteiger charge is 2.11. The topological polar surface area (TPSA) is 56.1 Å². The molecule has 0 saturated heterocycles. The summed E-state index contributed by atoms with van der Waals surface area (Å²) in [5.74, 6) is -0.554. The lowest BCUT2D eigenvalue weighted by Gasteiger charge is -2.20. The smallest absolute Gasteiger partial charge is 0.234 e. The molecule has 1 N–H and O–H groups in total. The summed E-state index contributed by atoms with van der Waals surface area (Å²) in [6.45, 7) is 7.27. The maximum Gasteiger partial charge on any atom is 0.234 e. The Hall–Kier alpha value is -1.93. The molecule has 1 rings (SSSR count). The fourth-order valence-electron chi connectivity index (χ4n) is 1.86. The molecule has 0 bridgehead atoms. The van der Waals surface area contributed by atoms with E-state index in [1.165, 1.54) is 12.1 Å². The van der Waals surface area contributed by atoms with E-state index in [1.54, 1.807) is 6.07 Å². The lowest BCUT2D eigenvalue weighted by Crippen LogP contribution is -2.39. The van der Waals surface area contributed by atoms with E-state index in [9.17, 15) is 9.18 Å². The van der Waals surface area contributed by atoms with Gasteiger partial charge in [-0.3, -0.25) is 9.69 Å². The van der Waals surface area contributed by atoms with Gasteiger partial charge in [0.2, 0.25) is 5.91 Å². The van der Waals surface area contributed by atoms with E-state index in [4.69, 9.17) is 5.26 Å². The molecule has 1 aromatic carbocycles. The van der Waals surface area contributed by atoms with Crippen molar-refractivity contribution in [1.82, 2.24) is 10.2 Å². The van der Waals surface area contributed by atoms with Gasteiger partial charge in [-0.05, 0) is 38.1 Å². The van der Waals surface area contributed by atoms with Crippen LogP contribution < -0.4 is 5.32 Å². The van der Waals surface area contributed by atoms with E-state index in [0.29, 0.717) is 13.1 Å². The lowest BCUT2D eigenvalue weighted by molar-refractivity contribution is -0.122. The largest absolute Gasteiger partial charge is 0.353 e. The van der Waals surface area contributed by atoms with E-state index in [1.807, 2.05) is 31.7 Å². The first kappa shape index (κ1) is 16.1. The highest BCUT2D eigenvalue weighted by atomic mass is 19.1. The van der Waals surface area contributed by atoms with Crippen LogP contribution in [-0.2, 0) is 11.3 Å². The molecular weight excluding hydrogens is 257 g/mol. The SMILES string of the molecule is CCN(CC(=O)NC(C)C)Cc1ccc(F)c(C#N)c1. The van der Waals surface area contributed by atoms with Crippen molar-refractivity contribution >= 4 is 5.91 Å². The molecule has 0 fully saturated rings. The van der Waals surface area contributed by atoms with E-state index < -0.39 is 5.82 Å². The van der Waals surface area contributed by atoms with Gasteiger partial charge in [0.1, 0.15) is 11.9 Å². The van der Waals surface area contributed by atoms with E-state index in [2.05, 4.69) is 5.32 Å². The van der Waals surface area contributed by atoms with E-state index >= 15 is 0 Å². The second kappa shape index (κ2) is 7.61. The van der Waals surface area contributed by atoms with Crippen LogP contribution in [0.5, 0.6) is 0 Å². The number of nitrogens with zero attached hydrogens (tertiary/aromatic N) is 2. The highest BCUT2D eigenvalue weighted by molar-refractivity contribution is 5.78. The number of carbonyl (C=O) groups excluding carboxylic acids is 1. The van der Waals surface area contributed by atoms with Crippen LogP contribution in [0.1, 0.15) is 31.9 Å². The first-order valence-electron chi connectivity index (χ1n) is 6.66. The minimum absolute atomic E-state index is 0.0326. The zero-order chi connectivity index (χ0) is 15.1. The first-order chi connectivity index (χ1) is 9.46. The minimum Gasteiger partial charge on any atom is -0.353 e. The van der Waals surface area contributed by atoms with Crippen molar-refractivity contribution in [1.29, 1.82) is 5.26 Å². The number of benzene rings is 1. The van der Waals surface area contributed by atoms with Crippen molar-refractivity contribution in [3.63, 3.8) is 0 Å². The monoisotopic (exact) mass is 277 g/mol. The average Bonchev–Trinajstić information content (AvgIpc) is 2.39. The number of amides is 1. The zero-order valence-corrected chi connectivity index (χ0v) is 12.1. The van der Waals surface area contributed by atoms with Crippen LogP contribution in [0.2, 0.25) is 0 Å². The summed E-state index contributed by atoms with van der Waals surface area (Å²) in [6.07, 6.45) is 0. The molecule has 0 unspecified atom stereocenters. The summed E-state index contributed by atoms with van der Waals surface area (Å²) in [5, 5.41) is 11.6. The molecule has 0 radical (unpaired) electrons. The van der Waals surface area contributed by atoms with E-state index in [0.717, 1.165) is 5.56 Å². The highest BCUT2D eigenvalue weighted by Crippen LogP contribution is 2.11. The predicted molar refractivity (Wildman–Crippen MR) is 75.3 cm³/mol. The number of rotatable bonds is 6. The zero-order valence-electron chi connectivity index (χ0n) is 12.1. The number of nitriles is 1. The van der Waals surface area contributed by atoms with Crippen molar-refractivity contribution in [3.8, 4) is 6.07 Å². The third-order valence-corrected chi connectivity index (χ3v) is 2.82. The Morgan fingerprint density at radius 2 is 2.20 bits per heavy atom. The van der Waals surface area contributed by atoms with Crippen LogP contribution in [0, 0.1) is 17.1 Å². The van der Waals surface area contributed by atoms with Crippen LogP contribution in [-0.4, -0.2) is 29.9 Å². The molecule has 0 aliphatic carbocycles. The van der Waals surface area contributed by atoms with Crippen LogP contribution >= 0.6 is 0 Å². The quantitative estimate of drug-likeness (QED) is 0.865. The summed E-state index contributed by atoms with van der Waals surface area (Å²) in [4.78, 5) is 13.7. The van der Waals surface area contributed by atoms with Crippen molar-refractivity contribution < 1.29 is 9.18 Å². The standard InChI is InChI=1S/C15H20FN3O/c1-4-19(10-15(20)18-11(2)3)9-12-5-6-14(16)13(7-12)8-17/h5-7,11H,4,9-10H2,1-3H3,(H,18,20). The molecule has 0 saturated carbocycles. The van der Waals surface area contributed by atoms with Gasteiger partial charge >= 0.3 is 0 Å². The van der Waals surface area contributed by atoms with Gasteiger partial charge in [0, 0.05) is 12.6 Å². The Balaban J connectivity index is 2.69. The molecule has 108 valence electrons. The number of hydrogen-bond donors (Lipinski definition) is 1. The second-order valence-electron chi connectivity index (χ2n) is 4.95. The molecule has 5 heteroatoms. The number of hydrogen-bond acceptors (Lipinski definition) is 3. The molecule has 0 atom stereocenters. The second-order valence-corrected chi connectivity index (χ2v) is 4.95. The fourth-order valence-corrected chi connectivity index (χ4v) is 1.86. The molecule has 1 aromatic rings. The van der Waals surface area contributed by atoms with Gasteiger partial charge in [-0.25, -0.2) is 4.39 Å². The van der Waals surface area contributed by atoms with Crippen molar-refractivity contribution in [2.45, 2.75) is 33.4 Å². The normalized spacial score (nSPS) is 10.7. The van der Waals surface area contributed by atoms with Crippen LogP contribution in [0.15, 0.2) is 18.2 Å². The van der Waals surface area contributed by atoms with Crippen LogP contribution in [0.4, 0.5) is 4.39 Å². The number of halogens is 1. The number of likely N-dealkylation sites (N-methyl/N-ethyl adjacent to an activating group) is 1. The Labute approximate surface area is 119 Å². The molecule has 4 nitrogen and oxygen atoms in total. The van der Waals surface area contributed by atoms with Crippen molar-refractivity contribution in [2.75, 3.05) is 13.1 Å². The van der Waals surface area contributed by atoms with Crippen LogP contribution in [0.25, 0.3) is 0 Å². The Kier molecular flexibility index (Phi) is 6.13. The predicted octanol–water partition coefficient (Wildman–Crippen LogP) is 2.04. The third kappa shape index (κ3) is 4.98. The summed E-state index contributed by atoms with van der Waals surface area (Å²) >= 11 is 0. The molecule has 0 aliphatic rings. The summed E-state index contributed by atoms with van der Waals surface area (Å²) in [5.41, 5.74) is 0.854. The Bertz CT molecular complexity index is 508. The lowest BCUT2D eigenvalue weighted by atomic mass is 10.1. The number of nitrogens with one attached hydrogen (secondary N) is 1. The van der Waals surface area contributed by atoms with Gasteiger partial charge in [-0.15, -0.1) is 0 Å². The molecule has 0 spiro atoms. The van der Waals surface area contributed by atoms with E-state index in [-0.39, 0.29) is 24.1 Å². The van der Waals surface area contributed by atoms with Gasteiger partial charge in [0.15, 0.2) is 0 Å². The van der Waals surface area contributed by atoms with Gasteiger partial charge in [-0.2, -0.15) is 5.26 Å². The van der Waals surface area contributed by atoms with Gasteiger partial charge < -0.3 is 5.32 Å². The molecule has 1 amide bonds. The van der Waals surface area contributed by atoms with Crippen molar-refractivity contribution in [2.24, 2.45) is 0 Å². The maximum absolute atomic E-state index is 13.2. The molecule has 0 aliphatic heterocycles. The van der Waals surface area contributed by atoms with Crippen molar-refractivity contribution in [3.05, 3.63) is 35.1 Å². The number of carbonyl (C=O) groups is 1. The van der Waals surface area contributed by atoms with Gasteiger partial charge in [0.25, 0.3) is 0 Å². The maximum atomic E-state index is 13.2. The summed E-state index contributed by atoms with van der Waals surface area (Å²) < 4.78 is 13.2. The minimum atomic E-state index is -0.517. The third-order valence-electron chi connectivity index (χ3n) is 2.82. The van der Waals surface area contributed by atoms with Gasteiger partial charge in [-0.1, -0.05) is 13.0 Å². The summed E-state index contributed by atoms with van der Waals surface area (Å²) in [6, 6.07) is 6.38. The fraction of sp³-hybridized carbons (Fsp3) is 0.467. The average molecular weight is 277 g/mol. The molecular formula is C15H20FN3O. The Morgan fingerprint density at radius 1 is 1.50 bits per heavy atom. The Morgan fingerprint density at radius 3 is 2.75 bits per heavy atom. The summed E-state index contributed by atoms with van der Waals surface area (Å²) in [7, 11) is 0. The molecule has 0 aromatic heterocycles. The van der Waals surface area contributed by atoms with Gasteiger partial charge in [0.05, 0.1) is 12.1 Å².